The molecule has 3 rings (SSSR count). The molecule has 0 unspecified atom stereocenters. The second kappa shape index (κ2) is 3.91. The molecule has 3 heteroatoms. The molecule has 1 heterocycles. The van der Waals surface area contributed by atoms with Crippen LogP contribution in [0.5, 0.6) is 0 Å². The molecule has 0 atom stereocenters. The van der Waals surface area contributed by atoms with Gasteiger partial charge in [-0.3, -0.25) is 4.79 Å². The van der Waals surface area contributed by atoms with Crippen molar-refractivity contribution in [3.05, 3.63) is 35.5 Å². The molecule has 88 valence electrons. The van der Waals surface area contributed by atoms with Gasteiger partial charge in [0, 0.05) is 29.1 Å². The Balaban J connectivity index is 1.83. The molecule has 1 fully saturated rings. The van der Waals surface area contributed by atoms with Crippen molar-refractivity contribution in [2.75, 3.05) is 0 Å². The fourth-order valence-electron chi connectivity index (χ4n) is 2.23. The topological polar surface area (TPSA) is 44.9 Å². The number of H-pyrrole nitrogens is 1. The third-order valence-electron chi connectivity index (χ3n) is 3.41. The van der Waals surface area contributed by atoms with Gasteiger partial charge in [-0.05, 0) is 31.4 Å². The third-order valence-corrected chi connectivity index (χ3v) is 3.41. The minimum Gasteiger partial charge on any atom is -0.358 e. The molecular weight excluding hydrogens is 212 g/mol. The molecular formula is C14H16N2O. The second-order valence-electron chi connectivity index (χ2n) is 4.77. The maximum absolute atomic E-state index is 11.6. The standard InChI is InChI=1S/C14H16N2O/c1-9-12(8-15-14(17)10-6-7-10)11-4-2-3-5-13(11)16-9/h2-5,10,16H,6-8H2,1H3,(H,15,17). The summed E-state index contributed by atoms with van der Waals surface area (Å²) < 4.78 is 0. The lowest BCUT2D eigenvalue weighted by Crippen LogP contribution is -2.24. The van der Waals surface area contributed by atoms with E-state index in [1.165, 1.54) is 10.9 Å². The maximum Gasteiger partial charge on any atom is 0.223 e. The zero-order valence-electron chi connectivity index (χ0n) is 9.92. The molecule has 0 saturated heterocycles. The van der Waals surface area contributed by atoms with Gasteiger partial charge in [-0.15, -0.1) is 0 Å². The number of benzene rings is 1. The molecule has 17 heavy (non-hydrogen) atoms. The highest BCUT2D eigenvalue weighted by molar-refractivity contribution is 5.86. The Labute approximate surface area is 100 Å². The molecule has 2 aromatic rings. The number of nitrogens with one attached hydrogen (secondary N) is 2. The Hall–Kier alpha value is -1.77. The molecule has 2 N–H and O–H groups in total. The van der Waals surface area contributed by atoms with E-state index in [2.05, 4.69) is 29.4 Å². The lowest BCUT2D eigenvalue weighted by Gasteiger charge is -2.04. The average molecular weight is 228 g/mol. The van der Waals surface area contributed by atoms with Crippen molar-refractivity contribution in [1.82, 2.24) is 10.3 Å². The number of carbonyl (C=O) groups excluding carboxylic acids is 1. The van der Waals surface area contributed by atoms with Gasteiger partial charge < -0.3 is 10.3 Å². The zero-order chi connectivity index (χ0) is 11.8. The van der Waals surface area contributed by atoms with Gasteiger partial charge >= 0.3 is 0 Å². The number of hydrogen-bond donors (Lipinski definition) is 2. The van der Waals surface area contributed by atoms with Gasteiger partial charge in [0.2, 0.25) is 5.91 Å². The van der Waals surface area contributed by atoms with Gasteiger partial charge in [0.15, 0.2) is 0 Å². The van der Waals surface area contributed by atoms with Gasteiger partial charge in [-0.1, -0.05) is 18.2 Å². The molecule has 3 nitrogen and oxygen atoms in total. The van der Waals surface area contributed by atoms with Crippen molar-refractivity contribution >= 4 is 16.8 Å². The quantitative estimate of drug-likeness (QED) is 0.833. The fourth-order valence-corrected chi connectivity index (χ4v) is 2.23. The number of amides is 1. The number of aromatic amines is 1. The summed E-state index contributed by atoms with van der Waals surface area (Å²) in [6.45, 7) is 2.68. The van der Waals surface area contributed by atoms with Crippen LogP contribution in [0.2, 0.25) is 0 Å². The Bertz CT molecular complexity index is 567. The lowest BCUT2D eigenvalue weighted by molar-refractivity contribution is -0.122. The Morgan fingerprint density at radius 3 is 2.94 bits per heavy atom. The van der Waals surface area contributed by atoms with E-state index in [0.717, 1.165) is 24.1 Å². The van der Waals surface area contributed by atoms with Crippen molar-refractivity contribution in [1.29, 1.82) is 0 Å². The van der Waals surface area contributed by atoms with Crippen molar-refractivity contribution in [3.8, 4) is 0 Å². The molecule has 0 aliphatic heterocycles. The Morgan fingerprint density at radius 1 is 1.41 bits per heavy atom. The first-order chi connectivity index (χ1) is 8.25. The van der Waals surface area contributed by atoms with Crippen molar-refractivity contribution in [3.63, 3.8) is 0 Å². The summed E-state index contributed by atoms with van der Waals surface area (Å²) >= 11 is 0. The average Bonchev–Trinajstić information content (AvgIpc) is 3.11. The Morgan fingerprint density at radius 2 is 2.18 bits per heavy atom. The van der Waals surface area contributed by atoms with Crippen LogP contribution in [0.15, 0.2) is 24.3 Å². The molecule has 1 saturated carbocycles. The van der Waals surface area contributed by atoms with E-state index in [0.29, 0.717) is 6.54 Å². The van der Waals surface area contributed by atoms with Crippen LogP contribution < -0.4 is 5.32 Å². The van der Waals surface area contributed by atoms with Crippen LogP contribution in [0.1, 0.15) is 24.1 Å². The highest BCUT2D eigenvalue weighted by atomic mass is 16.2. The zero-order valence-corrected chi connectivity index (χ0v) is 9.92. The van der Waals surface area contributed by atoms with E-state index in [1.54, 1.807) is 0 Å². The van der Waals surface area contributed by atoms with E-state index in [9.17, 15) is 4.79 Å². The number of para-hydroxylation sites is 1. The summed E-state index contributed by atoms with van der Waals surface area (Å²) in [7, 11) is 0. The van der Waals surface area contributed by atoms with Crippen molar-refractivity contribution in [2.24, 2.45) is 5.92 Å². The van der Waals surface area contributed by atoms with Gasteiger partial charge in [0.1, 0.15) is 0 Å². The van der Waals surface area contributed by atoms with Crippen LogP contribution in [-0.4, -0.2) is 10.9 Å². The summed E-state index contributed by atoms with van der Waals surface area (Å²) in [5.74, 6) is 0.482. The monoisotopic (exact) mass is 228 g/mol. The second-order valence-corrected chi connectivity index (χ2v) is 4.77. The molecule has 0 spiro atoms. The SMILES string of the molecule is Cc1[nH]c2ccccc2c1CNC(=O)C1CC1. The summed E-state index contributed by atoms with van der Waals surface area (Å²) in [6.07, 6.45) is 2.11. The van der Waals surface area contributed by atoms with Crippen LogP contribution in [0, 0.1) is 12.8 Å². The van der Waals surface area contributed by atoms with Gasteiger partial charge in [-0.2, -0.15) is 0 Å². The minimum atomic E-state index is 0.203. The molecule has 1 aliphatic carbocycles. The van der Waals surface area contributed by atoms with Gasteiger partial charge in [-0.25, -0.2) is 0 Å². The van der Waals surface area contributed by atoms with E-state index in [-0.39, 0.29) is 11.8 Å². The van der Waals surface area contributed by atoms with Crippen LogP contribution >= 0.6 is 0 Å². The molecule has 1 amide bonds. The van der Waals surface area contributed by atoms with Gasteiger partial charge in [0.25, 0.3) is 0 Å². The normalized spacial score (nSPS) is 15.1. The van der Waals surface area contributed by atoms with E-state index in [1.807, 2.05) is 12.1 Å². The predicted molar refractivity (Wildman–Crippen MR) is 67.6 cm³/mol. The Kier molecular flexibility index (Phi) is 2.39. The van der Waals surface area contributed by atoms with Crippen LogP contribution in [0.4, 0.5) is 0 Å². The first kappa shape index (κ1) is 10.4. The number of aryl methyl sites for hydroxylation is 1. The lowest BCUT2D eigenvalue weighted by atomic mass is 10.1. The van der Waals surface area contributed by atoms with Crippen LogP contribution in [-0.2, 0) is 11.3 Å². The maximum atomic E-state index is 11.6. The fraction of sp³-hybridized carbons (Fsp3) is 0.357. The number of rotatable bonds is 3. The molecule has 0 radical (unpaired) electrons. The number of aromatic nitrogens is 1. The molecule has 1 aliphatic rings. The minimum absolute atomic E-state index is 0.203. The number of hydrogen-bond acceptors (Lipinski definition) is 1. The summed E-state index contributed by atoms with van der Waals surface area (Å²) in [4.78, 5) is 15.0. The van der Waals surface area contributed by atoms with Gasteiger partial charge in [0.05, 0.1) is 0 Å². The molecule has 1 aromatic carbocycles. The summed E-state index contributed by atoms with van der Waals surface area (Å²) in [5, 5.41) is 4.23. The predicted octanol–water partition coefficient (Wildman–Crippen LogP) is 2.50. The first-order valence-electron chi connectivity index (χ1n) is 6.09. The summed E-state index contributed by atoms with van der Waals surface area (Å²) in [6, 6.07) is 8.21. The third kappa shape index (κ3) is 1.93. The molecule has 1 aromatic heterocycles. The van der Waals surface area contributed by atoms with E-state index in [4.69, 9.17) is 0 Å². The van der Waals surface area contributed by atoms with Crippen molar-refractivity contribution in [2.45, 2.75) is 26.3 Å². The van der Waals surface area contributed by atoms with Crippen molar-refractivity contribution < 1.29 is 4.79 Å². The number of fused-ring (bicyclic) bond motifs is 1. The first-order valence-corrected chi connectivity index (χ1v) is 6.09. The smallest absolute Gasteiger partial charge is 0.223 e. The highest BCUT2D eigenvalue weighted by Crippen LogP contribution is 2.29. The van der Waals surface area contributed by atoms with Crippen LogP contribution in [0.25, 0.3) is 10.9 Å². The van der Waals surface area contributed by atoms with E-state index >= 15 is 0 Å². The number of carbonyl (C=O) groups is 1. The van der Waals surface area contributed by atoms with E-state index < -0.39 is 0 Å². The largest absolute Gasteiger partial charge is 0.358 e. The highest BCUT2D eigenvalue weighted by Gasteiger charge is 2.29. The molecule has 0 bridgehead atoms. The van der Waals surface area contributed by atoms with Crippen LogP contribution in [0.3, 0.4) is 0 Å². The summed E-state index contributed by atoms with van der Waals surface area (Å²) in [5.41, 5.74) is 3.48.